The number of anilines is 1. The lowest BCUT2D eigenvalue weighted by atomic mass is 10.1. The van der Waals surface area contributed by atoms with E-state index >= 15 is 0 Å². The number of hydrogen-bond acceptors (Lipinski definition) is 3. The summed E-state index contributed by atoms with van der Waals surface area (Å²) < 4.78 is 0. The topological polar surface area (TPSA) is 51.8 Å². The Labute approximate surface area is 105 Å². The van der Waals surface area contributed by atoms with E-state index in [4.69, 9.17) is 5.73 Å². The summed E-state index contributed by atoms with van der Waals surface area (Å²) in [4.78, 5) is 8.82. The van der Waals surface area contributed by atoms with Crippen molar-refractivity contribution < 1.29 is 0 Å². The van der Waals surface area contributed by atoms with Gasteiger partial charge in [0.2, 0.25) is 0 Å². The molecular formula is C15H13N3. The summed E-state index contributed by atoms with van der Waals surface area (Å²) in [6.45, 7) is 2.01. The Morgan fingerprint density at radius 2 is 1.89 bits per heavy atom. The molecule has 0 saturated heterocycles. The zero-order valence-electron chi connectivity index (χ0n) is 10.1. The van der Waals surface area contributed by atoms with Crippen molar-refractivity contribution in [3.05, 3.63) is 54.4 Å². The first-order chi connectivity index (χ1) is 8.74. The number of aryl methyl sites for hydroxylation is 1. The van der Waals surface area contributed by atoms with Crippen molar-refractivity contribution in [3.63, 3.8) is 0 Å². The van der Waals surface area contributed by atoms with Gasteiger partial charge >= 0.3 is 0 Å². The quantitative estimate of drug-likeness (QED) is 0.704. The molecule has 0 aliphatic rings. The normalized spacial score (nSPS) is 10.7. The van der Waals surface area contributed by atoms with Crippen LogP contribution in [-0.4, -0.2) is 9.97 Å². The SMILES string of the molecule is Cc1cncc(-c2cc(N)c3ccccc3n2)c1. The van der Waals surface area contributed by atoms with E-state index in [9.17, 15) is 0 Å². The summed E-state index contributed by atoms with van der Waals surface area (Å²) in [6, 6.07) is 11.8. The van der Waals surface area contributed by atoms with Crippen LogP contribution in [0.1, 0.15) is 5.56 Å². The lowest BCUT2D eigenvalue weighted by Crippen LogP contribution is -1.93. The molecular weight excluding hydrogens is 222 g/mol. The molecule has 2 heterocycles. The number of rotatable bonds is 1. The van der Waals surface area contributed by atoms with Gasteiger partial charge in [-0.1, -0.05) is 18.2 Å². The Morgan fingerprint density at radius 3 is 2.72 bits per heavy atom. The summed E-state index contributed by atoms with van der Waals surface area (Å²) in [7, 11) is 0. The van der Waals surface area contributed by atoms with E-state index in [1.165, 1.54) is 0 Å². The number of aromatic nitrogens is 2. The number of para-hydroxylation sites is 1. The molecule has 0 radical (unpaired) electrons. The van der Waals surface area contributed by atoms with Gasteiger partial charge in [0, 0.05) is 29.0 Å². The first kappa shape index (κ1) is 10.7. The molecule has 1 aromatic carbocycles. The second-order valence-electron chi connectivity index (χ2n) is 4.36. The van der Waals surface area contributed by atoms with Gasteiger partial charge in [-0.15, -0.1) is 0 Å². The highest BCUT2D eigenvalue weighted by Crippen LogP contribution is 2.25. The van der Waals surface area contributed by atoms with Crippen LogP contribution in [0, 0.1) is 6.92 Å². The molecule has 0 aliphatic heterocycles. The molecule has 0 spiro atoms. The smallest absolute Gasteiger partial charge is 0.0745 e. The summed E-state index contributed by atoms with van der Waals surface area (Å²) in [5, 5.41) is 0.988. The minimum Gasteiger partial charge on any atom is -0.398 e. The van der Waals surface area contributed by atoms with Crippen molar-refractivity contribution in [3.8, 4) is 11.3 Å². The molecule has 0 aliphatic carbocycles. The van der Waals surface area contributed by atoms with Crippen LogP contribution in [0.4, 0.5) is 5.69 Å². The van der Waals surface area contributed by atoms with Crippen LogP contribution < -0.4 is 5.73 Å². The van der Waals surface area contributed by atoms with E-state index in [1.807, 2.05) is 49.6 Å². The second kappa shape index (κ2) is 4.11. The Morgan fingerprint density at radius 1 is 1.06 bits per heavy atom. The average molecular weight is 235 g/mol. The van der Waals surface area contributed by atoms with E-state index in [-0.39, 0.29) is 0 Å². The van der Waals surface area contributed by atoms with Gasteiger partial charge in [0.25, 0.3) is 0 Å². The highest BCUT2D eigenvalue weighted by molar-refractivity contribution is 5.92. The maximum absolute atomic E-state index is 6.07. The van der Waals surface area contributed by atoms with E-state index < -0.39 is 0 Å². The molecule has 3 rings (SSSR count). The Bertz CT molecular complexity index is 720. The molecule has 0 fully saturated rings. The van der Waals surface area contributed by atoms with Crippen LogP contribution >= 0.6 is 0 Å². The molecule has 3 nitrogen and oxygen atoms in total. The number of benzene rings is 1. The maximum atomic E-state index is 6.07. The molecule has 3 heteroatoms. The van der Waals surface area contributed by atoms with Gasteiger partial charge in [-0.2, -0.15) is 0 Å². The lowest BCUT2D eigenvalue weighted by molar-refractivity contribution is 1.25. The maximum Gasteiger partial charge on any atom is 0.0745 e. The Balaban J connectivity index is 2.24. The molecule has 88 valence electrons. The van der Waals surface area contributed by atoms with Crippen LogP contribution in [0.25, 0.3) is 22.2 Å². The largest absolute Gasteiger partial charge is 0.398 e. The Hall–Kier alpha value is -2.42. The molecule has 2 N–H and O–H groups in total. The average Bonchev–Trinajstić information content (AvgIpc) is 2.39. The van der Waals surface area contributed by atoms with E-state index in [0.717, 1.165) is 33.4 Å². The van der Waals surface area contributed by atoms with Crippen molar-refractivity contribution in [1.29, 1.82) is 0 Å². The van der Waals surface area contributed by atoms with E-state index in [1.54, 1.807) is 0 Å². The zero-order chi connectivity index (χ0) is 12.5. The molecule has 0 bridgehead atoms. The molecule has 0 saturated carbocycles. The van der Waals surface area contributed by atoms with Gasteiger partial charge in [-0.05, 0) is 30.7 Å². The van der Waals surface area contributed by atoms with Gasteiger partial charge in [-0.25, -0.2) is 4.98 Å². The number of nitrogen functional groups attached to an aromatic ring is 1. The van der Waals surface area contributed by atoms with E-state index in [0.29, 0.717) is 0 Å². The summed E-state index contributed by atoms with van der Waals surface area (Å²) in [5.41, 5.74) is 10.7. The number of fused-ring (bicyclic) bond motifs is 1. The molecule has 18 heavy (non-hydrogen) atoms. The van der Waals surface area contributed by atoms with Crippen molar-refractivity contribution in [2.75, 3.05) is 5.73 Å². The number of nitrogens with two attached hydrogens (primary N) is 1. The van der Waals surface area contributed by atoms with Crippen LogP contribution in [0.15, 0.2) is 48.8 Å². The lowest BCUT2D eigenvalue weighted by Gasteiger charge is -2.06. The second-order valence-corrected chi connectivity index (χ2v) is 4.36. The fourth-order valence-corrected chi connectivity index (χ4v) is 2.05. The first-order valence-corrected chi connectivity index (χ1v) is 5.81. The molecule has 0 amide bonds. The van der Waals surface area contributed by atoms with Crippen LogP contribution in [0.3, 0.4) is 0 Å². The molecule has 0 unspecified atom stereocenters. The Kier molecular flexibility index (Phi) is 2.45. The van der Waals surface area contributed by atoms with Gasteiger partial charge in [0.05, 0.1) is 11.2 Å². The summed E-state index contributed by atoms with van der Waals surface area (Å²) in [6.07, 6.45) is 3.64. The van der Waals surface area contributed by atoms with E-state index in [2.05, 4.69) is 16.0 Å². The summed E-state index contributed by atoms with van der Waals surface area (Å²) >= 11 is 0. The van der Waals surface area contributed by atoms with Gasteiger partial charge < -0.3 is 5.73 Å². The molecule has 3 aromatic rings. The fraction of sp³-hybridized carbons (Fsp3) is 0.0667. The van der Waals surface area contributed by atoms with Crippen molar-refractivity contribution in [2.45, 2.75) is 6.92 Å². The van der Waals surface area contributed by atoms with Crippen LogP contribution in [-0.2, 0) is 0 Å². The number of pyridine rings is 2. The molecule has 2 aromatic heterocycles. The van der Waals surface area contributed by atoms with Crippen molar-refractivity contribution in [1.82, 2.24) is 9.97 Å². The van der Waals surface area contributed by atoms with Crippen molar-refractivity contribution >= 4 is 16.6 Å². The zero-order valence-corrected chi connectivity index (χ0v) is 10.1. The predicted octanol–water partition coefficient (Wildman–Crippen LogP) is 3.19. The molecule has 0 atom stereocenters. The monoisotopic (exact) mass is 235 g/mol. The third-order valence-electron chi connectivity index (χ3n) is 2.92. The third kappa shape index (κ3) is 1.80. The third-order valence-corrected chi connectivity index (χ3v) is 2.92. The highest BCUT2D eigenvalue weighted by Gasteiger charge is 2.05. The van der Waals surface area contributed by atoms with Crippen molar-refractivity contribution in [2.24, 2.45) is 0 Å². The highest BCUT2D eigenvalue weighted by atomic mass is 14.7. The summed E-state index contributed by atoms with van der Waals surface area (Å²) in [5.74, 6) is 0. The standard InChI is InChI=1S/C15H13N3/c1-10-6-11(9-17-8-10)15-7-13(16)12-4-2-3-5-14(12)18-15/h2-9H,1H3,(H2,16,18). The minimum atomic E-state index is 0.747. The van der Waals surface area contributed by atoms with Crippen LogP contribution in [0.2, 0.25) is 0 Å². The van der Waals surface area contributed by atoms with Gasteiger partial charge in [0.1, 0.15) is 0 Å². The first-order valence-electron chi connectivity index (χ1n) is 5.81. The number of hydrogen-bond donors (Lipinski definition) is 1. The van der Waals surface area contributed by atoms with Crippen LogP contribution in [0.5, 0.6) is 0 Å². The minimum absolute atomic E-state index is 0.747. The fourth-order valence-electron chi connectivity index (χ4n) is 2.05. The van der Waals surface area contributed by atoms with Gasteiger partial charge in [0.15, 0.2) is 0 Å². The predicted molar refractivity (Wildman–Crippen MR) is 74.1 cm³/mol. The number of nitrogens with zero attached hydrogens (tertiary/aromatic N) is 2. The van der Waals surface area contributed by atoms with Gasteiger partial charge in [-0.3, -0.25) is 4.98 Å².